The van der Waals surface area contributed by atoms with E-state index in [1.807, 2.05) is 6.07 Å². The number of alkyl halides is 2. The van der Waals surface area contributed by atoms with Crippen molar-refractivity contribution >= 4 is 16.7 Å². The minimum atomic E-state index is -2.52. The van der Waals surface area contributed by atoms with E-state index >= 15 is 0 Å². The van der Waals surface area contributed by atoms with Gasteiger partial charge in [0.2, 0.25) is 0 Å². The van der Waals surface area contributed by atoms with Crippen LogP contribution in [0, 0.1) is 5.82 Å². The molecule has 3 aromatic rings. The van der Waals surface area contributed by atoms with Gasteiger partial charge in [-0.3, -0.25) is 0 Å². The number of halogens is 3. The van der Waals surface area contributed by atoms with Crippen LogP contribution < -0.4 is 10.1 Å². The van der Waals surface area contributed by atoms with Crippen molar-refractivity contribution in [1.29, 1.82) is 0 Å². The van der Waals surface area contributed by atoms with Gasteiger partial charge in [0.25, 0.3) is 6.43 Å². The summed E-state index contributed by atoms with van der Waals surface area (Å²) in [5.41, 5.74) is 1.45. The summed E-state index contributed by atoms with van der Waals surface area (Å²) in [4.78, 5) is 8.21. The number of ether oxygens (including phenoxy) is 1. The van der Waals surface area contributed by atoms with E-state index in [-0.39, 0.29) is 5.82 Å². The first-order valence-corrected chi connectivity index (χ1v) is 7.26. The van der Waals surface area contributed by atoms with Crippen molar-refractivity contribution in [1.82, 2.24) is 9.97 Å². The predicted molar refractivity (Wildman–Crippen MR) is 84.8 cm³/mol. The van der Waals surface area contributed by atoms with E-state index in [1.165, 1.54) is 18.5 Å². The molecular formula is C17H14F3N3O. The fourth-order valence-corrected chi connectivity index (χ4v) is 2.26. The van der Waals surface area contributed by atoms with Crippen LogP contribution in [-0.4, -0.2) is 23.0 Å². The SMILES string of the molecule is Fc1ccc2ncnc(NCc3cccc(OCC(F)F)c3)c2c1. The van der Waals surface area contributed by atoms with E-state index in [0.29, 0.717) is 29.0 Å². The Labute approximate surface area is 136 Å². The first kappa shape index (κ1) is 16.0. The van der Waals surface area contributed by atoms with Crippen molar-refractivity contribution in [3.8, 4) is 5.75 Å². The molecule has 4 nitrogen and oxygen atoms in total. The Bertz CT molecular complexity index is 842. The van der Waals surface area contributed by atoms with E-state index < -0.39 is 13.0 Å². The van der Waals surface area contributed by atoms with Crippen LogP contribution in [0.1, 0.15) is 5.56 Å². The normalized spacial score (nSPS) is 11.0. The van der Waals surface area contributed by atoms with E-state index in [4.69, 9.17) is 4.74 Å². The molecule has 1 N–H and O–H groups in total. The van der Waals surface area contributed by atoms with E-state index in [0.717, 1.165) is 5.56 Å². The van der Waals surface area contributed by atoms with E-state index in [2.05, 4.69) is 15.3 Å². The van der Waals surface area contributed by atoms with Crippen LogP contribution in [0.4, 0.5) is 19.0 Å². The van der Waals surface area contributed by atoms with E-state index in [9.17, 15) is 13.2 Å². The Hall–Kier alpha value is -2.83. The topological polar surface area (TPSA) is 47.0 Å². The smallest absolute Gasteiger partial charge is 0.272 e. The molecule has 124 valence electrons. The minimum Gasteiger partial charge on any atom is -0.488 e. The van der Waals surface area contributed by atoms with Gasteiger partial charge < -0.3 is 10.1 Å². The lowest BCUT2D eigenvalue weighted by atomic mass is 10.2. The second-order valence-corrected chi connectivity index (χ2v) is 5.09. The third kappa shape index (κ3) is 3.92. The number of benzene rings is 2. The maximum atomic E-state index is 13.4. The summed E-state index contributed by atoms with van der Waals surface area (Å²) in [5, 5.41) is 3.67. The minimum absolute atomic E-state index is 0.369. The van der Waals surface area contributed by atoms with Gasteiger partial charge in [0.1, 0.15) is 30.3 Å². The van der Waals surface area contributed by atoms with Gasteiger partial charge in [0, 0.05) is 11.9 Å². The molecule has 0 saturated heterocycles. The maximum absolute atomic E-state index is 13.4. The Morgan fingerprint density at radius 3 is 2.79 bits per heavy atom. The molecule has 0 bridgehead atoms. The van der Waals surface area contributed by atoms with Crippen LogP contribution in [0.3, 0.4) is 0 Å². The lowest BCUT2D eigenvalue weighted by Crippen LogP contribution is -2.07. The second kappa shape index (κ2) is 7.16. The summed E-state index contributed by atoms with van der Waals surface area (Å²) in [6, 6.07) is 11.1. The van der Waals surface area contributed by atoms with Gasteiger partial charge in [-0.05, 0) is 35.9 Å². The summed E-state index contributed by atoms with van der Waals surface area (Å²) in [6.45, 7) is -0.263. The first-order valence-electron chi connectivity index (χ1n) is 7.26. The summed E-state index contributed by atoms with van der Waals surface area (Å²) < 4.78 is 42.8. The number of nitrogens with zero attached hydrogens (tertiary/aromatic N) is 2. The number of nitrogens with one attached hydrogen (secondary N) is 1. The van der Waals surface area contributed by atoms with Gasteiger partial charge in [0.05, 0.1) is 5.52 Å². The third-order valence-corrected chi connectivity index (χ3v) is 3.33. The molecule has 0 fully saturated rings. The van der Waals surface area contributed by atoms with Crippen LogP contribution in [0.2, 0.25) is 0 Å². The Morgan fingerprint density at radius 1 is 1.08 bits per heavy atom. The standard InChI is InChI=1S/C17H14F3N3O/c18-12-4-5-15-14(7-12)17(23-10-22-15)21-8-11-2-1-3-13(6-11)24-9-16(19)20/h1-7,10,16H,8-9H2,(H,21,22,23). The fraction of sp³-hybridized carbons (Fsp3) is 0.176. The van der Waals surface area contributed by atoms with Gasteiger partial charge >= 0.3 is 0 Å². The molecule has 0 saturated carbocycles. The monoisotopic (exact) mass is 333 g/mol. The molecule has 0 atom stereocenters. The summed E-state index contributed by atoms with van der Waals surface area (Å²) >= 11 is 0. The van der Waals surface area contributed by atoms with Crippen molar-refractivity contribution in [2.45, 2.75) is 13.0 Å². The zero-order chi connectivity index (χ0) is 16.9. The van der Waals surface area contributed by atoms with E-state index in [1.54, 1.807) is 24.3 Å². The predicted octanol–water partition coefficient (Wildman–Crippen LogP) is 4.02. The Morgan fingerprint density at radius 2 is 1.96 bits per heavy atom. The van der Waals surface area contributed by atoms with Gasteiger partial charge in [-0.1, -0.05) is 12.1 Å². The van der Waals surface area contributed by atoms with Crippen molar-refractivity contribution in [2.24, 2.45) is 0 Å². The molecule has 0 amide bonds. The highest BCUT2D eigenvalue weighted by molar-refractivity contribution is 5.88. The molecule has 0 unspecified atom stereocenters. The highest BCUT2D eigenvalue weighted by Crippen LogP contribution is 2.21. The molecule has 0 aliphatic heterocycles. The van der Waals surface area contributed by atoms with Gasteiger partial charge in [-0.25, -0.2) is 23.1 Å². The van der Waals surface area contributed by atoms with Crippen LogP contribution in [0.25, 0.3) is 10.9 Å². The number of fused-ring (bicyclic) bond motifs is 1. The number of rotatable bonds is 6. The van der Waals surface area contributed by atoms with Crippen molar-refractivity contribution in [2.75, 3.05) is 11.9 Å². The number of hydrogen-bond acceptors (Lipinski definition) is 4. The molecule has 0 spiro atoms. The molecule has 0 aliphatic carbocycles. The summed E-state index contributed by atoms with van der Waals surface area (Å²) in [7, 11) is 0. The molecule has 3 rings (SSSR count). The quantitative estimate of drug-likeness (QED) is 0.740. The molecule has 0 aliphatic rings. The third-order valence-electron chi connectivity index (χ3n) is 3.33. The van der Waals surface area contributed by atoms with Crippen LogP contribution in [0.15, 0.2) is 48.8 Å². The van der Waals surface area contributed by atoms with Crippen molar-refractivity contribution in [3.63, 3.8) is 0 Å². The molecule has 24 heavy (non-hydrogen) atoms. The van der Waals surface area contributed by atoms with Crippen LogP contribution >= 0.6 is 0 Å². The fourth-order valence-electron chi connectivity index (χ4n) is 2.26. The molecule has 7 heteroatoms. The lowest BCUT2D eigenvalue weighted by Gasteiger charge is -2.10. The van der Waals surface area contributed by atoms with Crippen molar-refractivity contribution < 1.29 is 17.9 Å². The molecular weight excluding hydrogens is 319 g/mol. The molecule has 1 aromatic heterocycles. The second-order valence-electron chi connectivity index (χ2n) is 5.09. The van der Waals surface area contributed by atoms with Gasteiger partial charge in [-0.2, -0.15) is 0 Å². The Balaban J connectivity index is 1.74. The number of aromatic nitrogens is 2. The van der Waals surface area contributed by atoms with Crippen LogP contribution in [0.5, 0.6) is 5.75 Å². The summed E-state index contributed by atoms with van der Waals surface area (Å²) in [6.07, 6.45) is -1.13. The average molecular weight is 333 g/mol. The van der Waals surface area contributed by atoms with Crippen LogP contribution in [-0.2, 0) is 6.54 Å². The lowest BCUT2D eigenvalue weighted by molar-refractivity contribution is 0.0818. The number of hydrogen-bond donors (Lipinski definition) is 1. The highest BCUT2D eigenvalue weighted by atomic mass is 19.3. The molecule has 0 radical (unpaired) electrons. The largest absolute Gasteiger partial charge is 0.488 e. The molecule has 1 heterocycles. The zero-order valence-corrected chi connectivity index (χ0v) is 12.5. The van der Waals surface area contributed by atoms with Gasteiger partial charge in [-0.15, -0.1) is 0 Å². The Kier molecular flexibility index (Phi) is 4.79. The highest BCUT2D eigenvalue weighted by Gasteiger charge is 2.06. The van der Waals surface area contributed by atoms with Crippen molar-refractivity contribution in [3.05, 3.63) is 60.2 Å². The maximum Gasteiger partial charge on any atom is 0.272 e. The average Bonchev–Trinajstić information content (AvgIpc) is 2.58. The van der Waals surface area contributed by atoms with Gasteiger partial charge in [0.15, 0.2) is 0 Å². The zero-order valence-electron chi connectivity index (χ0n) is 12.5. The first-order chi connectivity index (χ1) is 11.6. The molecule has 2 aromatic carbocycles. The summed E-state index contributed by atoms with van der Waals surface area (Å²) in [5.74, 6) is 0.495. The number of anilines is 1.